The van der Waals surface area contributed by atoms with E-state index in [9.17, 15) is 13.2 Å². The minimum atomic E-state index is -4.16. The first-order valence-electron chi connectivity index (χ1n) is 9.20. The highest BCUT2D eigenvalue weighted by atomic mass is 32.2. The van der Waals surface area contributed by atoms with Crippen molar-refractivity contribution in [3.63, 3.8) is 0 Å². The minimum absolute atomic E-state index is 0.0328. The summed E-state index contributed by atoms with van der Waals surface area (Å²) in [5.41, 5.74) is 0.422. The second-order valence-electron chi connectivity index (χ2n) is 7.96. The maximum atomic E-state index is 13.4. The molecule has 0 aromatic heterocycles. The molecule has 1 atom stereocenters. The van der Waals surface area contributed by atoms with Crippen LogP contribution in [0, 0.1) is 13.8 Å². The van der Waals surface area contributed by atoms with Crippen LogP contribution < -0.4 is 4.74 Å². The molecule has 6 nitrogen and oxygen atoms in total. The summed E-state index contributed by atoms with van der Waals surface area (Å²) < 4.78 is 39.4. The number of amides is 1. The first-order chi connectivity index (χ1) is 13.1. The Bertz CT molecular complexity index is 1060. The van der Waals surface area contributed by atoms with E-state index in [1.807, 2.05) is 32.0 Å². The van der Waals surface area contributed by atoms with Gasteiger partial charge in [0.25, 0.3) is 10.0 Å². The molecule has 0 aliphatic carbocycles. The van der Waals surface area contributed by atoms with E-state index in [0.717, 1.165) is 21.0 Å². The zero-order valence-corrected chi connectivity index (χ0v) is 17.2. The quantitative estimate of drug-likeness (QED) is 0.762. The summed E-state index contributed by atoms with van der Waals surface area (Å²) in [5, 5.41) is 0. The Kier molecular flexibility index (Phi) is 4.01. The van der Waals surface area contributed by atoms with Crippen LogP contribution in [-0.4, -0.2) is 30.1 Å². The highest BCUT2D eigenvalue weighted by molar-refractivity contribution is 7.89. The lowest BCUT2D eigenvalue weighted by molar-refractivity contribution is -0.112. The third kappa shape index (κ3) is 2.60. The van der Waals surface area contributed by atoms with Crippen LogP contribution in [0.5, 0.6) is 5.75 Å². The maximum Gasteiger partial charge on any atom is 0.428 e. The van der Waals surface area contributed by atoms with Crippen molar-refractivity contribution >= 4 is 16.1 Å². The van der Waals surface area contributed by atoms with Crippen LogP contribution >= 0.6 is 0 Å². The Balaban J connectivity index is 1.85. The van der Waals surface area contributed by atoms with E-state index in [-0.39, 0.29) is 4.90 Å². The predicted octanol–water partition coefficient (Wildman–Crippen LogP) is 3.94. The molecular weight excluding hydrogens is 378 g/mol. The highest BCUT2D eigenvalue weighted by Gasteiger charge is 2.67. The number of sulfonamides is 1. The van der Waals surface area contributed by atoms with Gasteiger partial charge in [0, 0.05) is 6.42 Å². The van der Waals surface area contributed by atoms with Crippen molar-refractivity contribution in [2.45, 2.75) is 56.8 Å². The van der Waals surface area contributed by atoms with Gasteiger partial charge in [-0.25, -0.2) is 13.2 Å². The number of carbonyl (C=O) groups is 1. The van der Waals surface area contributed by atoms with Gasteiger partial charge in [-0.3, -0.25) is 0 Å². The molecule has 1 amide bonds. The summed E-state index contributed by atoms with van der Waals surface area (Å²) in [7, 11) is -4.16. The third-order valence-corrected chi connectivity index (χ3v) is 7.36. The largest absolute Gasteiger partial charge is 0.462 e. The molecule has 2 aromatic rings. The molecule has 1 saturated heterocycles. The van der Waals surface area contributed by atoms with Crippen LogP contribution in [0.3, 0.4) is 0 Å². The maximum absolute atomic E-state index is 13.4. The third-order valence-electron chi connectivity index (χ3n) is 5.56. The van der Waals surface area contributed by atoms with Gasteiger partial charge in [0.15, 0.2) is 5.60 Å². The molecule has 28 heavy (non-hydrogen) atoms. The smallest absolute Gasteiger partial charge is 0.428 e. The number of fused-ring (bicyclic) bond motifs is 1. The van der Waals surface area contributed by atoms with E-state index in [0.29, 0.717) is 18.6 Å². The molecule has 2 aromatic carbocycles. The Morgan fingerprint density at radius 1 is 0.964 bits per heavy atom. The van der Waals surface area contributed by atoms with Gasteiger partial charge < -0.3 is 9.47 Å². The molecule has 0 radical (unpaired) electrons. The summed E-state index contributed by atoms with van der Waals surface area (Å²) in [6.45, 7) is 7.24. The minimum Gasteiger partial charge on any atom is -0.462 e. The number of nitrogens with zero attached hydrogens (tertiary/aromatic N) is 1. The topological polar surface area (TPSA) is 72.9 Å². The number of ether oxygens (including phenoxy) is 2. The molecule has 4 rings (SSSR count). The first-order valence-corrected chi connectivity index (χ1v) is 10.6. The number of carbonyl (C=O) groups excluding carboxylic acids is 1. The van der Waals surface area contributed by atoms with Gasteiger partial charge in [-0.2, -0.15) is 4.31 Å². The molecule has 0 bridgehead atoms. The van der Waals surface area contributed by atoms with Crippen molar-refractivity contribution in [1.82, 2.24) is 4.31 Å². The Morgan fingerprint density at radius 2 is 1.61 bits per heavy atom. The van der Waals surface area contributed by atoms with Crippen LogP contribution in [0.15, 0.2) is 47.4 Å². The van der Waals surface area contributed by atoms with Gasteiger partial charge in [-0.1, -0.05) is 35.4 Å². The van der Waals surface area contributed by atoms with Crippen molar-refractivity contribution in [3.8, 4) is 5.75 Å². The fourth-order valence-corrected chi connectivity index (χ4v) is 5.61. The van der Waals surface area contributed by atoms with Gasteiger partial charge in [0.05, 0.1) is 4.90 Å². The monoisotopic (exact) mass is 401 g/mol. The number of cyclic esters (lactones) is 1. The van der Waals surface area contributed by atoms with Gasteiger partial charge in [0.1, 0.15) is 5.75 Å². The molecule has 0 unspecified atom stereocenters. The van der Waals surface area contributed by atoms with Crippen LogP contribution in [0.4, 0.5) is 4.79 Å². The summed E-state index contributed by atoms with van der Waals surface area (Å²) in [6.07, 6.45) is -0.0225. The average molecular weight is 401 g/mol. The Hall–Kier alpha value is -2.54. The molecule has 148 valence electrons. The first kappa shape index (κ1) is 18.8. The lowest BCUT2D eigenvalue weighted by Gasteiger charge is -2.44. The SMILES string of the molecule is Cc1ccc(S(=O)(=O)N2C(=O)OC(C)(C)[C@]23CCc2cc(C)ccc2O3)cc1. The van der Waals surface area contributed by atoms with Gasteiger partial charge in [-0.15, -0.1) is 0 Å². The summed E-state index contributed by atoms with van der Waals surface area (Å²) >= 11 is 0. The van der Waals surface area contributed by atoms with Crippen LogP contribution in [0.25, 0.3) is 0 Å². The second kappa shape index (κ2) is 5.98. The van der Waals surface area contributed by atoms with Gasteiger partial charge >= 0.3 is 6.09 Å². The van der Waals surface area contributed by atoms with Crippen molar-refractivity contribution in [3.05, 3.63) is 59.2 Å². The number of rotatable bonds is 2. The molecular formula is C21H23NO5S. The molecule has 2 aliphatic heterocycles. The van der Waals surface area contributed by atoms with Crippen molar-refractivity contribution in [2.24, 2.45) is 0 Å². The standard InChI is InChI=1S/C21H23NO5S/c1-14-5-8-17(9-6-14)28(24,25)22-19(23)27-20(3,4)21(22)12-11-16-13-15(2)7-10-18(16)26-21/h5-10,13H,11-12H2,1-4H3/t21-/m1/s1. The van der Waals surface area contributed by atoms with E-state index in [2.05, 4.69) is 0 Å². The number of aryl methyl sites for hydroxylation is 3. The van der Waals surface area contributed by atoms with E-state index in [1.54, 1.807) is 26.0 Å². The molecule has 0 N–H and O–H groups in total. The van der Waals surface area contributed by atoms with Crippen molar-refractivity contribution < 1.29 is 22.7 Å². The van der Waals surface area contributed by atoms with Crippen molar-refractivity contribution in [2.75, 3.05) is 0 Å². The van der Waals surface area contributed by atoms with E-state index < -0.39 is 27.4 Å². The second-order valence-corrected chi connectivity index (χ2v) is 9.75. The zero-order valence-electron chi connectivity index (χ0n) is 16.4. The van der Waals surface area contributed by atoms with E-state index in [1.165, 1.54) is 12.1 Å². The molecule has 2 heterocycles. The molecule has 2 aliphatic rings. The number of hydrogen-bond donors (Lipinski definition) is 0. The van der Waals surface area contributed by atoms with E-state index >= 15 is 0 Å². The summed E-state index contributed by atoms with van der Waals surface area (Å²) in [5.74, 6) is 0.576. The number of hydrogen-bond acceptors (Lipinski definition) is 5. The highest BCUT2D eigenvalue weighted by Crippen LogP contribution is 2.49. The molecule has 1 fully saturated rings. The Labute approximate surface area is 165 Å². The molecule has 7 heteroatoms. The zero-order chi connectivity index (χ0) is 20.3. The van der Waals surface area contributed by atoms with Gasteiger partial charge in [-0.05, 0) is 57.9 Å². The van der Waals surface area contributed by atoms with Crippen molar-refractivity contribution in [1.29, 1.82) is 0 Å². The summed E-state index contributed by atoms with van der Waals surface area (Å²) in [6, 6.07) is 12.1. The van der Waals surface area contributed by atoms with Crippen LogP contribution in [-0.2, 0) is 21.2 Å². The van der Waals surface area contributed by atoms with Gasteiger partial charge in [0.2, 0.25) is 5.72 Å². The van der Waals surface area contributed by atoms with E-state index in [4.69, 9.17) is 9.47 Å². The molecule has 0 saturated carbocycles. The lowest BCUT2D eigenvalue weighted by Crippen LogP contribution is -2.63. The predicted molar refractivity (Wildman–Crippen MR) is 104 cm³/mol. The number of benzene rings is 2. The lowest BCUT2D eigenvalue weighted by atomic mass is 9.86. The fourth-order valence-electron chi connectivity index (χ4n) is 3.95. The van der Waals surface area contributed by atoms with Crippen LogP contribution in [0.2, 0.25) is 0 Å². The summed E-state index contributed by atoms with van der Waals surface area (Å²) in [4.78, 5) is 12.8. The average Bonchev–Trinajstić information content (AvgIpc) is 2.80. The normalized spacial score (nSPS) is 23.3. The fraction of sp³-hybridized carbons (Fsp3) is 0.381. The van der Waals surface area contributed by atoms with Crippen LogP contribution in [0.1, 0.15) is 37.0 Å². The molecule has 1 spiro atoms. The Morgan fingerprint density at radius 3 is 2.29 bits per heavy atom.